The molecule has 0 spiro atoms. The topological polar surface area (TPSA) is 58.0 Å². The fourth-order valence-electron chi connectivity index (χ4n) is 2.20. The number of nitrogens with zero attached hydrogens (tertiary/aromatic N) is 2. The van der Waals surface area contributed by atoms with Crippen LogP contribution in [0.2, 0.25) is 0 Å². The van der Waals surface area contributed by atoms with Crippen molar-refractivity contribution in [2.45, 2.75) is 13.0 Å². The number of nitrogens with one attached hydrogen (secondary N) is 1. The van der Waals surface area contributed by atoms with Gasteiger partial charge in [-0.3, -0.25) is 0 Å². The SMILES string of the molecule is Cc1nnc(NCC(O)c2ccc(-c3ccccc3)cc2)s1. The highest BCUT2D eigenvalue weighted by Crippen LogP contribution is 2.22. The van der Waals surface area contributed by atoms with Crippen molar-refractivity contribution in [3.8, 4) is 11.1 Å². The molecule has 5 heteroatoms. The fourth-order valence-corrected chi connectivity index (χ4v) is 2.80. The Kier molecular flexibility index (Phi) is 4.46. The van der Waals surface area contributed by atoms with Gasteiger partial charge in [0, 0.05) is 6.54 Å². The van der Waals surface area contributed by atoms with Crippen LogP contribution in [0.15, 0.2) is 54.6 Å². The molecule has 0 fully saturated rings. The maximum atomic E-state index is 10.2. The van der Waals surface area contributed by atoms with Gasteiger partial charge in [-0.15, -0.1) is 10.2 Å². The number of hydrogen-bond donors (Lipinski definition) is 2. The van der Waals surface area contributed by atoms with Crippen molar-refractivity contribution in [1.29, 1.82) is 0 Å². The largest absolute Gasteiger partial charge is 0.387 e. The van der Waals surface area contributed by atoms with Crippen LogP contribution in [0, 0.1) is 6.92 Å². The summed E-state index contributed by atoms with van der Waals surface area (Å²) in [6, 6.07) is 18.2. The maximum Gasteiger partial charge on any atom is 0.205 e. The average molecular weight is 311 g/mol. The van der Waals surface area contributed by atoms with Gasteiger partial charge in [-0.05, 0) is 23.6 Å². The highest BCUT2D eigenvalue weighted by molar-refractivity contribution is 7.15. The average Bonchev–Trinajstić information content (AvgIpc) is 2.99. The minimum Gasteiger partial charge on any atom is -0.387 e. The summed E-state index contributed by atoms with van der Waals surface area (Å²) >= 11 is 1.48. The summed E-state index contributed by atoms with van der Waals surface area (Å²) in [5.74, 6) is 0. The predicted octanol–water partition coefficient (Wildman–Crippen LogP) is 3.66. The summed E-state index contributed by atoms with van der Waals surface area (Å²) in [6.07, 6.45) is -0.575. The van der Waals surface area contributed by atoms with E-state index in [1.165, 1.54) is 16.9 Å². The van der Waals surface area contributed by atoms with Crippen molar-refractivity contribution in [2.24, 2.45) is 0 Å². The third kappa shape index (κ3) is 3.50. The third-order valence-electron chi connectivity index (χ3n) is 3.38. The first kappa shape index (κ1) is 14.7. The fraction of sp³-hybridized carbons (Fsp3) is 0.176. The molecule has 0 bridgehead atoms. The van der Waals surface area contributed by atoms with Crippen molar-refractivity contribution in [3.05, 3.63) is 65.2 Å². The molecule has 1 heterocycles. The molecule has 3 aromatic rings. The Balaban J connectivity index is 1.64. The molecule has 112 valence electrons. The molecule has 4 nitrogen and oxygen atoms in total. The third-order valence-corrected chi connectivity index (χ3v) is 4.17. The van der Waals surface area contributed by atoms with Gasteiger partial charge in [0.2, 0.25) is 5.13 Å². The van der Waals surface area contributed by atoms with Crippen LogP contribution in [0.25, 0.3) is 11.1 Å². The van der Waals surface area contributed by atoms with Crippen molar-refractivity contribution >= 4 is 16.5 Å². The minimum absolute atomic E-state index is 0.416. The maximum absolute atomic E-state index is 10.2. The number of anilines is 1. The molecule has 0 aliphatic carbocycles. The number of aryl methyl sites for hydroxylation is 1. The Labute approximate surface area is 133 Å². The van der Waals surface area contributed by atoms with Crippen molar-refractivity contribution in [1.82, 2.24) is 10.2 Å². The van der Waals surface area contributed by atoms with Crippen LogP contribution >= 0.6 is 11.3 Å². The standard InChI is InChI=1S/C17H17N3OS/c1-12-19-20-17(22-12)18-11-16(21)15-9-7-14(8-10-15)13-5-3-2-4-6-13/h2-10,16,21H,11H2,1H3,(H,18,20). The van der Waals surface area contributed by atoms with Crippen LogP contribution in [0.4, 0.5) is 5.13 Å². The first-order valence-corrected chi connectivity index (χ1v) is 7.91. The zero-order valence-electron chi connectivity index (χ0n) is 12.2. The van der Waals surface area contributed by atoms with E-state index in [1.807, 2.05) is 49.4 Å². The van der Waals surface area contributed by atoms with E-state index in [-0.39, 0.29) is 0 Å². The predicted molar refractivity (Wildman–Crippen MR) is 90.0 cm³/mol. The minimum atomic E-state index is -0.575. The summed E-state index contributed by atoms with van der Waals surface area (Å²) in [7, 11) is 0. The number of benzene rings is 2. The van der Waals surface area contributed by atoms with Gasteiger partial charge in [-0.2, -0.15) is 0 Å². The van der Waals surface area contributed by atoms with Crippen LogP contribution in [0.1, 0.15) is 16.7 Å². The lowest BCUT2D eigenvalue weighted by Crippen LogP contribution is -2.11. The summed E-state index contributed by atoms with van der Waals surface area (Å²) in [6.45, 7) is 2.32. The van der Waals surface area contributed by atoms with E-state index in [1.54, 1.807) is 0 Å². The Morgan fingerprint density at radius 3 is 2.32 bits per heavy atom. The summed E-state index contributed by atoms with van der Waals surface area (Å²) < 4.78 is 0. The Hall–Kier alpha value is -2.24. The van der Waals surface area contributed by atoms with Crippen LogP contribution in [0.5, 0.6) is 0 Å². The van der Waals surface area contributed by atoms with E-state index in [9.17, 15) is 5.11 Å². The molecule has 1 unspecified atom stereocenters. The molecule has 3 rings (SSSR count). The van der Waals surface area contributed by atoms with Crippen LogP contribution in [-0.4, -0.2) is 21.8 Å². The zero-order chi connectivity index (χ0) is 15.4. The molecule has 0 saturated carbocycles. The normalized spacial score (nSPS) is 12.1. The molecule has 2 aromatic carbocycles. The van der Waals surface area contributed by atoms with Gasteiger partial charge in [-0.25, -0.2) is 0 Å². The molecular weight excluding hydrogens is 294 g/mol. The summed E-state index contributed by atoms with van der Waals surface area (Å²) in [5.41, 5.74) is 3.20. The van der Waals surface area contributed by atoms with E-state index >= 15 is 0 Å². The highest BCUT2D eigenvalue weighted by atomic mass is 32.1. The molecule has 22 heavy (non-hydrogen) atoms. The number of hydrogen-bond acceptors (Lipinski definition) is 5. The van der Waals surface area contributed by atoms with E-state index in [0.29, 0.717) is 6.54 Å². The van der Waals surface area contributed by atoms with Gasteiger partial charge in [-0.1, -0.05) is 65.9 Å². The molecule has 0 aliphatic rings. The lowest BCUT2D eigenvalue weighted by Gasteiger charge is -2.12. The molecule has 0 radical (unpaired) electrons. The second-order valence-corrected chi connectivity index (χ2v) is 6.19. The lowest BCUT2D eigenvalue weighted by atomic mass is 10.0. The van der Waals surface area contributed by atoms with Gasteiger partial charge in [0.1, 0.15) is 5.01 Å². The quantitative estimate of drug-likeness (QED) is 0.755. The molecule has 1 aromatic heterocycles. The first-order chi connectivity index (χ1) is 10.7. The van der Waals surface area contributed by atoms with Crippen molar-refractivity contribution in [2.75, 3.05) is 11.9 Å². The van der Waals surface area contributed by atoms with Crippen molar-refractivity contribution in [3.63, 3.8) is 0 Å². The number of aliphatic hydroxyl groups excluding tert-OH is 1. The van der Waals surface area contributed by atoms with Crippen LogP contribution in [0.3, 0.4) is 0 Å². The monoisotopic (exact) mass is 311 g/mol. The Bertz CT molecular complexity index is 725. The smallest absolute Gasteiger partial charge is 0.205 e. The molecule has 2 N–H and O–H groups in total. The van der Waals surface area contributed by atoms with Crippen LogP contribution in [-0.2, 0) is 0 Å². The summed E-state index contributed by atoms with van der Waals surface area (Å²) in [5, 5.41) is 22.9. The van der Waals surface area contributed by atoms with E-state index in [4.69, 9.17) is 0 Å². The van der Waals surface area contributed by atoms with Gasteiger partial charge < -0.3 is 10.4 Å². The van der Waals surface area contributed by atoms with Crippen molar-refractivity contribution < 1.29 is 5.11 Å². The van der Waals surface area contributed by atoms with Gasteiger partial charge in [0.05, 0.1) is 6.10 Å². The number of rotatable bonds is 5. The molecule has 0 aliphatic heterocycles. The number of aromatic nitrogens is 2. The zero-order valence-corrected chi connectivity index (χ0v) is 13.0. The molecule has 0 amide bonds. The molecule has 1 atom stereocenters. The summed E-state index contributed by atoms with van der Waals surface area (Å²) in [4.78, 5) is 0. The highest BCUT2D eigenvalue weighted by Gasteiger charge is 2.09. The second-order valence-electron chi connectivity index (χ2n) is 5.01. The Morgan fingerprint density at radius 1 is 1.00 bits per heavy atom. The molecule has 0 saturated heterocycles. The lowest BCUT2D eigenvalue weighted by molar-refractivity contribution is 0.191. The van der Waals surface area contributed by atoms with Gasteiger partial charge >= 0.3 is 0 Å². The Morgan fingerprint density at radius 2 is 1.68 bits per heavy atom. The van der Waals surface area contributed by atoms with Gasteiger partial charge in [0.25, 0.3) is 0 Å². The second kappa shape index (κ2) is 6.68. The van der Waals surface area contributed by atoms with E-state index in [2.05, 4.69) is 27.6 Å². The van der Waals surface area contributed by atoms with E-state index < -0.39 is 6.10 Å². The van der Waals surface area contributed by atoms with Crippen LogP contribution < -0.4 is 5.32 Å². The molecular formula is C17H17N3OS. The van der Waals surface area contributed by atoms with Gasteiger partial charge in [0.15, 0.2) is 0 Å². The number of aliphatic hydroxyl groups is 1. The first-order valence-electron chi connectivity index (χ1n) is 7.10. The van der Waals surface area contributed by atoms with E-state index in [0.717, 1.165) is 21.3 Å².